The van der Waals surface area contributed by atoms with Gasteiger partial charge in [0.1, 0.15) is 0 Å². The third kappa shape index (κ3) is 1.78. The van der Waals surface area contributed by atoms with Gasteiger partial charge in [-0.05, 0) is 44.2 Å². The molecule has 2 heteroatoms. The van der Waals surface area contributed by atoms with Crippen LogP contribution >= 0.6 is 0 Å². The molecule has 6 unspecified atom stereocenters. The van der Waals surface area contributed by atoms with Crippen LogP contribution in [0.5, 0.6) is 0 Å². The largest absolute Gasteiger partial charge is 0.390 e. The smallest absolute Gasteiger partial charge is 0.0879 e. The number of aliphatic hydroxyl groups excluding tert-OH is 2. The van der Waals surface area contributed by atoms with E-state index in [-0.39, 0.29) is 23.7 Å². The van der Waals surface area contributed by atoms with Crippen LogP contribution in [0.15, 0.2) is 60.7 Å². The molecule has 128 valence electrons. The fraction of sp³-hybridized carbons (Fsp3) is 0.250. The molecule has 1 saturated carbocycles. The molecular weight excluding hydrogens is 320 g/mol. The van der Waals surface area contributed by atoms with Gasteiger partial charge in [-0.15, -0.1) is 0 Å². The summed E-state index contributed by atoms with van der Waals surface area (Å²) in [4.78, 5) is 0. The van der Waals surface area contributed by atoms with E-state index in [9.17, 15) is 10.2 Å². The van der Waals surface area contributed by atoms with E-state index in [4.69, 9.17) is 0 Å². The molecule has 0 amide bonds. The predicted molar refractivity (Wildman–Crippen MR) is 103 cm³/mol. The van der Waals surface area contributed by atoms with Crippen LogP contribution in [0.3, 0.4) is 0 Å². The first-order chi connectivity index (χ1) is 12.7. The Balaban J connectivity index is 1.65. The second-order valence-corrected chi connectivity index (χ2v) is 7.98. The Labute approximate surface area is 151 Å². The highest BCUT2D eigenvalue weighted by Crippen LogP contribution is 2.57. The van der Waals surface area contributed by atoms with Crippen molar-refractivity contribution >= 4 is 22.9 Å². The second kappa shape index (κ2) is 5.06. The summed E-state index contributed by atoms with van der Waals surface area (Å²) in [7, 11) is 0. The molecule has 26 heavy (non-hydrogen) atoms. The molecule has 2 nitrogen and oxygen atoms in total. The van der Waals surface area contributed by atoms with Crippen LogP contribution in [-0.4, -0.2) is 22.4 Å². The predicted octanol–water partition coefficient (Wildman–Crippen LogP) is 2.26. The number of hydrogen-bond donors (Lipinski definition) is 2. The van der Waals surface area contributed by atoms with E-state index in [1.54, 1.807) is 0 Å². The fourth-order valence-electron chi connectivity index (χ4n) is 5.65. The SMILES string of the molecule is OC1C(O)C2c3cc4ccccc4cc3C1C1C=c3ccccc3=CC12. The lowest BCUT2D eigenvalue weighted by molar-refractivity contribution is -0.0686. The maximum Gasteiger partial charge on any atom is 0.0879 e. The second-order valence-electron chi connectivity index (χ2n) is 7.98. The Morgan fingerprint density at radius 1 is 0.577 bits per heavy atom. The minimum atomic E-state index is -0.704. The molecular formula is C24H20O2. The number of fused-ring (bicyclic) bond motifs is 3. The van der Waals surface area contributed by atoms with Crippen LogP contribution < -0.4 is 10.4 Å². The highest BCUT2D eigenvalue weighted by atomic mass is 16.3. The zero-order chi connectivity index (χ0) is 17.4. The van der Waals surface area contributed by atoms with Gasteiger partial charge < -0.3 is 10.2 Å². The molecule has 4 aliphatic rings. The van der Waals surface area contributed by atoms with Gasteiger partial charge in [-0.3, -0.25) is 0 Å². The Kier molecular flexibility index (Phi) is 2.87. The summed E-state index contributed by atoms with van der Waals surface area (Å²) in [6.45, 7) is 0. The molecule has 0 saturated heterocycles. The third-order valence-corrected chi connectivity index (χ3v) is 6.77. The highest BCUT2D eigenvalue weighted by Gasteiger charge is 2.54. The van der Waals surface area contributed by atoms with Crippen LogP contribution in [0.25, 0.3) is 22.9 Å². The molecule has 0 heterocycles. The zero-order valence-electron chi connectivity index (χ0n) is 14.3. The average Bonchev–Trinajstić information content (AvgIpc) is 2.67. The van der Waals surface area contributed by atoms with Gasteiger partial charge in [0.15, 0.2) is 0 Å². The summed E-state index contributed by atoms with van der Waals surface area (Å²) in [5.41, 5.74) is 2.44. The highest BCUT2D eigenvalue weighted by molar-refractivity contribution is 5.85. The summed E-state index contributed by atoms with van der Waals surface area (Å²) in [5.74, 6) is 0.373. The van der Waals surface area contributed by atoms with Crippen molar-refractivity contribution in [2.45, 2.75) is 24.0 Å². The number of benzene rings is 3. The van der Waals surface area contributed by atoms with Crippen molar-refractivity contribution in [3.8, 4) is 0 Å². The van der Waals surface area contributed by atoms with Gasteiger partial charge in [-0.2, -0.15) is 0 Å². The van der Waals surface area contributed by atoms with Crippen molar-refractivity contribution in [3.63, 3.8) is 0 Å². The Bertz CT molecular complexity index is 1070. The summed E-state index contributed by atoms with van der Waals surface area (Å²) in [6.07, 6.45) is 3.24. The van der Waals surface area contributed by atoms with E-state index in [1.165, 1.54) is 32.3 Å². The maximum absolute atomic E-state index is 10.9. The van der Waals surface area contributed by atoms with Crippen LogP contribution in [0.4, 0.5) is 0 Å². The van der Waals surface area contributed by atoms with Gasteiger partial charge in [0.05, 0.1) is 12.2 Å². The van der Waals surface area contributed by atoms with E-state index in [0.29, 0.717) is 0 Å². The molecule has 2 bridgehead atoms. The first-order valence-electron chi connectivity index (χ1n) is 9.40. The minimum absolute atomic E-state index is 0.0517. The van der Waals surface area contributed by atoms with Crippen LogP contribution in [0.1, 0.15) is 23.0 Å². The standard InChI is InChI=1S/C24H20O2/c25-23-21-17-9-13-5-1-2-6-14(13)10-18(17)22(24(23)26)20-12-16-8-4-3-7-15(16)11-19(20)21/h1-12,17-18,21-26H. The Hall–Kier alpha value is -2.42. The molecule has 4 aliphatic carbocycles. The van der Waals surface area contributed by atoms with E-state index >= 15 is 0 Å². The van der Waals surface area contributed by atoms with Gasteiger partial charge >= 0.3 is 0 Å². The lowest BCUT2D eigenvalue weighted by Crippen LogP contribution is -2.55. The molecule has 0 spiro atoms. The van der Waals surface area contributed by atoms with E-state index in [1.807, 2.05) is 0 Å². The topological polar surface area (TPSA) is 40.5 Å². The van der Waals surface area contributed by atoms with E-state index in [2.05, 4.69) is 72.8 Å². The van der Waals surface area contributed by atoms with Gasteiger partial charge in [-0.1, -0.05) is 72.8 Å². The Morgan fingerprint density at radius 2 is 1.00 bits per heavy atom. The fourth-order valence-corrected chi connectivity index (χ4v) is 5.65. The quantitative estimate of drug-likeness (QED) is 0.659. The molecule has 0 aromatic heterocycles. The van der Waals surface area contributed by atoms with Crippen molar-refractivity contribution in [2.75, 3.05) is 0 Å². The molecule has 3 aromatic carbocycles. The molecule has 1 fully saturated rings. The van der Waals surface area contributed by atoms with Crippen molar-refractivity contribution in [1.82, 2.24) is 0 Å². The van der Waals surface area contributed by atoms with Gasteiger partial charge in [0, 0.05) is 11.8 Å². The average molecular weight is 340 g/mol. The molecule has 2 N–H and O–H groups in total. The van der Waals surface area contributed by atoms with Gasteiger partial charge in [0.2, 0.25) is 0 Å². The lowest BCUT2D eigenvalue weighted by Gasteiger charge is -2.53. The normalized spacial score (nSPS) is 33.6. The van der Waals surface area contributed by atoms with E-state index in [0.717, 1.165) is 0 Å². The summed E-state index contributed by atoms with van der Waals surface area (Å²) >= 11 is 0. The van der Waals surface area contributed by atoms with Gasteiger partial charge in [0.25, 0.3) is 0 Å². The summed E-state index contributed by atoms with van der Waals surface area (Å²) in [5, 5.41) is 26.7. The monoisotopic (exact) mass is 340 g/mol. The summed E-state index contributed by atoms with van der Waals surface area (Å²) in [6, 6.07) is 21.3. The molecule has 3 aromatic rings. The third-order valence-electron chi connectivity index (χ3n) is 6.77. The van der Waals surface area contributed by atoms with Crippen molar-refractivity contribution in [3.05, 3.63) is 82.2 Å². The van der Waals surface area contributed by atoms with E-state index < -0.39 is 12.2 Å². The molecule has 0 radical (unpaired) electrons. The first-order valence-corrected chi connectivity index (χ1v) is 9.40. The number of rotatable bonds is 0. The van der Waals surface area contributed by atoms with Crippen LogP contribution in [0.2, 0.25) is 0 Å². The van der Waals surface area contributed by atoms with Crippen LogP contribution in [-0.2, 0) is 0 Å². The molecule has 6 atom stereocenters. The first kappa shape index (κ1) is 14.7. The minimum Gasteiger partial charge on any atom is -0.390 e. The van der Waals surface area contributed by atoms with Crippen molar-refractivity contribution < 1.29 is 10.2 Å². The number of aliphatic hydroxyl groups is 2. The molecule has 0 aliphatic heterocycles. The zero-order valence-corrected chi connectivity index (χ0v) is 14.3. The Morgan fingerprint density at radius 3 is 1.46 bits per heavy atom. The van der Waals surface area contributed by atoms with Gasteiger partial charge in [-0.25, -0.2) is 0 Å². The van der Waals surface area contributed by atoms with Crippen molar-refractivity contribution in [2.24, 2.45) is 11.8 Å². The molecule has 7 rings (SSSR count). The van der Waals surface area contributed by atoms with Crippen LogP contribution in [0, 0.1) is 11.8 Å². The van der Waals surface area contributed by atoms with Crippen molar-refractivity contribution in [1.29, 1.82) is 0 Å². The summed E-state index contributed by atoms with van der Waals surface area (Å²) < 4.78 is 0. The lowest BCUT2D eigenvalue weighted by atomic mass is 9.53. The maximum atomic E-state index is 10.9. The number of hydrogen-bond acceptors (Lipinski definition) is 2.